The van der Waals surface area contributed by atoms with E-state index in [4.69, 9.17) is 0 Å². The molecular weight excluding hydrogens is 214 g/mol. The number of rotatable bonds is 4. The summed E-state index contributed by atoms with van der Waals surface area (Å²) in [6.07, 6.45) is 0. The van der Waals surface area contributed by atoms with Crippen LogP contribution in [0.4, 0.5) is 0 Å². The Balaban J connectivity index is 5.49. The molecule has 0 bridgehead atoms. The molecule has 0 saturated heterocycles. The minimum atomic E-state index is -3.62. The van der Waals surface area contributed by atoms with Crippen molar-refractivity contribution >= 4 is 20.0 Å². The van der Waals surface area contributed by atoms with Crippen LogP contribution in [0.5, 0.6) is 0 Å². The van der Waals surface area contributed by atoms with Gasteiger partial charge in [-0.3, -0.25) is 0 Å². The molecule has 7 heteroatoms. The molecule has 0 spiro atoms. The van der Waals surface area contributed by atoms with Gasteiger partial charge in [-0.05, 0) is 13.8 Å². The van der Waals surface area contributed by atoms with E-state index in [9.17, 15) is 16.8 Å². The van der Waals surface area contributed by atoms with Gasteiger partial charge in [0.2, 0.25) is 0 Å². The minimum Gasteiger partial charge on any atom is -0.172 e. The second kappa shape index (κ2) is 3.55. The molecule has 0 aliphatic carbocycles. The maximum absolute atomic E-state index is 11.4. The van der Waals surface area contributed by atoms with Crippen LogP contribution in [0.3, 0.4) is 0 Å². The standard InChI is InChI=1S/C6H16NO4S2/c1-5-12(8,9)7(3,4)13(10,11)6-2/h5-6H2,1-4H3/q+1. The van der Waals surface area contributed by atoms with E-state index in [0.29, 0.717) is 0 Å². The summed E-state index contributed by atoms with van der Waals surface area (Å²) in [6.45, 7) is 2.86. The predicted molar refractivity (Wildman–Crippen MR) is 51.0 cm³/mol. The van der Waals surface area contributed by atoms with Crippen LogP contribution in [-0.4, -0.2) is 45.7 Å². The third-order valence-electron chi connectivity index (χ3n) is 2.07. The average molecular weight is 230 g/mol. The summed E-state index contributed by atoms with van der Waals surface area (Å²) >= 11 is 0. The maximum Gasteiger partial charge on any atom is 0.310 e. The second-order valence-corrected chi connectivity index (χ2v) is 8.53. The van der Waals surface area contributed by atoms with Crippen LogP contribution >= 0.6 is 0 Å². The molecule has 0 aromatic carbocycles. The smallest absolute Gasteiger partial charge is 0.172 e. The fourth-order valence-electron chi connectivity index (χ4n) is 0.795. The van der Waals surface area contributed by atoms with Gasteiger partial charge < -0.3 is 0 Å². The van der Waals surface area contributed by atoms with Gasteiger partial charge in [0, 0.05) is 0 Å². The van der Waals surface area contributed by atoms with Crippen LogP contribution in [0.1, 0.15) is 13.8 Å². The number of nitrogens with zero attached hydrogens (tertiary/aromatic N) is 1. The minimum absolute atomic E-state index is 0.181. The lowest BCUT2D eigenvalue weighted by molar-refractivity contribution is -0.620. The highest BCUT2D eigenvalue weighted by molar-refractivity contribution is 7.98. The van der Waals surface area contributed by atoms with Crippen molar-refractivity contribution in [2.75, 3.05) is 25.6 Å². The Labute approximate surface area is 80.1 Å². The Bertz CT molecular complexity index is 329. The summed E-state index contributed by atoms with van der Waals surface area (Å²) in [6, 6.07) is 0. The summed E-state index contributed by atoms with van der Waals surface area (Å²) in [5.74, 6) is -0.363. The molecule has 0 atom stereocenters. The van der Waals surface area contributed by atoms with E-state index in [1.54, 1.807) is 0 Å². The maximum atomic E-state index is 11.4. The molecule has 0 N–H and O–H groups in total. The number of hydrogen-bond acceptors (Lipinski definition) is 4. The molecule has 0 aliphatic rings. The van der Waals surface area contributed by atoms with Gasteiger partial charge in [0.05, 0.1) is 25.6 Å². The van der Waals surface area contributed by atoms with Gasteiger partial charge in [-0.25, -0.2) is 0 Å². The van der Waals surface area contributed by atoms with Gasteiger partial charge in [-0.2, -0.15) is 16.8 Å². The highest BCUT2D eigenvalue weighted by Gasteiger charge is 2.42. The third-order valence-corrected chi connectivity index (χ3v) is 7.57. The zero-order valence-corrected chi connectivity index (χ0v) is 9.94. The van der Waals surface area contributed by atoms with Crippen molar-refractivity contribution in [1.29, 1.82) is 0 Å². The first-order valence-corrected chi connectivity index (χ1v) is 7.14. The molecule has 80 valence electrons. The molecule has 0 fully saturated rings. The van der Waals surface area contributed by atoms with Crippen LogP contribution in [-0.2, 0) is 20.0 Å². The van der Waals surface area contributed by atoms with Crippen LogP contribution < -0.4 is 0 Å². The molecule has 0 radical (unpaired) electrons. The molecule has 0 aromatic heterocycles. The molecule has 0 aliphatic heterocycles. The lowest BCUT2D eigenvalue weighted by Gasteiger charge is -2.25. The number of hydrogen-bond donors (Lipinski definition) is 0. The highest BCUT2D eigenvalue weighted by atomic mass is 32.3. The molecule has 0 unspecified atom stereocenters. The first-order valence-electron chi connectivity index (χ1n) is 3.92. The van der Waals surface area contributed by atoms with E-state index in [1.165, 1.54) is 27.9 Å². The van der Waals surface area contributed by atoms with Crippen molar-refractivity contribution in [2.45, 2.75) is 13.8 Å². The molecule has 13 heavy (non-hydrogen) atoms. The Morgan fingerprint density at radius 1 is 0.846 bits per heavy atom. The van der Waals surface area contributed by atoms with Crippen molar-refractivity contribution in [3.8, 4) is 0 Å². The van der Waals surface area contributed by atoms with Gasteiger partial charge in [-0.15, -0.1) is 3.29 Å². The lowest BCUT2D eigenvalue weighted by atomic mass is 11.0. The molecule has 0 saturated carbocycles. The van der Waals surface area contributed by atoms with Crippen LogP contribution in [0, 0.1) is 0 Å². The summed E-state index contributed by atoms with van der Waals surface area (Å²) in [4.78, 5) is 0. The van der Waals surface area contributed by atoms with Crippen LogP contribution in [0.25, 0.3) is 0 Å². The van der Waals surface area contributed by atoms with E-state index >= 15 is 0 Å². The molecule has 0 amide bonds. The average Bonchev–Trinajstić information content (AvgIpc) is 2.03. The first kappa shape index (κ1) is 12.9. The zero-order chi connectivity index (χ0) is 10.9. The molecular formula is C6H16NO4S2+. The van der Waals surface area contributed by atoms with Gasteiger partial charge in [0.15, 0.2) is 0 Å². The van der Waals surface area contributed by atoms with Gasteiger partial charge >= 0.3 is 20.0 Å². The summed E-state index contributed by atoms with van der Waals surface area (Å²) in [5, 5.41) is 0. The monoisotopic (exact) mass is 230 g/mol. The normalized spacial score (nSPS) is 14.5. The van der Waals surface area contributed by atoms with Crippen LogP contribution in [0.2, 0.25) is 0 Å². The predicted octanol–water partition coefficient (Wildman–Crippen LogP) is -0.238. The van der Waals surface area contributed by atoms with Gasteiger partial charge in [0.1, 0.15) is 0 Å². The Morgan fingerprint density at radius 2 is 1.08 bits per heavy atom. The van der Waals surface area contributed by atoms with Crippen molar-refractivity contribution < 1.29 is 20.1 Å². The van der Waals surface area contributed by atoms with E-state index in [1.807, 2.05) is 0 Å². The molecule has 0 aromatic rings. The fraction of sp³-hybridized carbons (Fsp3) is 1.00. The van der Waals surface area contributed by atoms with Crippen molar-refractivity contribution in [2.24, 2.45) is 0 Å². The SMILES string of the molecule is CCS(=O)(=O)[N+](C)(C)S(=O)(=O)CC. The number of quaternary nitrogens is 1. The van der Waals surface area contributed by atoms with E-state index in [-0.39, 0.29) is 11.5 Å². The Kier molecular flexibility index (Phi) is 3.51. The third kappa shape index (κ3) is 2.03. The second-order valence-electron chi connectivity index (χ2n) is 2.99. The molecule has 0 rings (SSSR count). The fourth-order valence-corrected chi connectivity index (χ4v) is 4.06. The van der Waals surface area contributed by atoms with Gasteiger partial charge in [0.25, 0.3) is 0 Å². The Hall–Kier alpha value is -0.140. The van der Waals surface area contributed by atoms with Crippen molar-refractivity contribution in [3.05, 3.63) is 0 Å². The van der Waals surface area contributed by atoms with Crippen molar-refractivity contribution in [1.82, 2.24) is 0 Å². The topological polar surface area (TPSA) is 68.3 Å². The largest absolute Gasteiger partial charge is 0.310 e. The van der Waals surface area contributed by atoms with Crippen LogP contribution in [0.15, 0.2) is 0 Å². The van der Waals surface area contributed by atoms with Crippen molar-refractivity contribution in [3.63, 3.8) is 0 Å². The summed E-state index contributed by atoms with van der Waals surface area (Å²) in [7, 11) is -4.88. The van der Waals surface area contributed by atoms with E-state index in [2.05, 4.69) is 0 Å². The quantitative estimate of drug-likeness (QED) is 0.625. The van der Waals surface area contributed by atoms with E-state index in [0.717, 1.165) is 0 Å². The summed E-state index contributed by atoms with van der Waals surface area (Å²) < 4.78 is 44.7. The zero-order valence-electron chi connectivity index (χ0n) is 8.31. The molecule has 0 heterocycles. The lowest BCUT2D eigenvalue weighted by Crippen LogP contribution is -2.51. The molecule has 5 nitrogen and oxygen atoms in total. The first-order chi connectivity index (χ1) is 5.62. The van der Waals surface area contributed by atoms with Gasteiger partial charge in [-0.1, -0.05) is 0 Å². The number of sulfonamides is 2. The highest BCUT2D eigenvalue weighted by Crippen LogP contribution is 2.16. The summed E-state index contributed by atoms with van der Waals surface area (Å²) in [5.41, 5.74) is 0. The Morgan fingerprint density at radius 3 is 1.23 bits per heavy atom. The van der Waals surface area contributed by atoms with E-state index < -0.39 is 23.3 Å².